The number of allylic oxidation sites excluding steroid dienone is 1. The lowest BCUT2D eigenvalue weighted by Gasteiger charge is -2.31. The number of carbonyl (C=O) groups excluding carboxylic acids is 1. The molecule has 2 aliphatic heterocycles. The van der Waals surface area contributed by atoms with Crippen LogP contribution in [0.3, 0.4) is 0 Å². The lowest BCUT2D eigenvalue weighted by atomic mass is 10.1. The van der Waals surface area contributed by atoms with Gasteiger partial charge >= 0.3 is 0 Å². The second kappa shape index (κ2) is 6.21. The van der Waals surface area contributed by atoms with Crippen LogP contribution in [0.4, 0.5) is 0 Å². The molecule has 2 aliphatic rings. The Morgan fingerprint density at radius 3 is 3.00 bits per heavy atom. The molecular weight excluding hydrogens is 288 g/mol. The van der Waals surface area contributed by atoms with Gasteiger partial charge in [0.1, 0.15) is 12.2 Å². The number of ether oxygens (including phenoxy) is 1. The Kier molecular flexibility index (Phi) is 4.82. The van der Waals surface area contributed by atoms with Crippen LogP contribution in [0.1, 0.15) is 6.42 Å². The number of amides is 1. The van der Waals surface area contributed by atoms with Crippen LogP contribution in [-0.4, -0.2) is 46.6 Å². The minimum absolute atomic E-state index is 0.122. The molecular formula is C11H15NO5P2. The molecule has 19 heavy (non-hydrogen) atoms. The standard InChI is InChI=1S/C11H15NO5P2/c1-6-2-3-12(8(13)4-6)11-10(17-18)9(14)7(16-11)5-19-15/h2-3,7,9-11,14H,1,4-5,18H2/t7?,9-,10-,11-/m1/s1. The van der Waals surface area contributed by atoms with Crippen molar-refractivity contribution in [2.24, 2.45) is 0 Å². The van der Waals surface area contributed by atoms with Crippen molar-refractivity contribution in [3.8, 4) is 0 Å². The van der Waals surface area contributed by atoms with Crippen molar-refractivity contribution < 1.29 is 23.7 Å². The van der Waals surface area contributed by atoms with Gasteiger partial charge < -0.3 is 14.4 Å². The monoisotopic (exact) mass is 303 g/mol. The number of nitrogens with zero attached hydrogens (tertiary/aromatic N) is 1. The first-order valence-corrected chi connectivity index (χ1v) is 7.20. The van der Waals surface area contributed by atoms with E-state index in [1.807, 2.05) is 0 Å². The fourth-order valence-corrected chi connectivity index (χ4v) is 2.90. The summed E-state index contributed by atoms with van der Waals surface area (Å²) >= 11 is 0. The molecule has 0 radical (unpaired) electrons. The van der Waals surface area contributed by atoms with Crippen LogP contribution in [0.15, 0.2) is 24.4 Å². The Morgan fingerprint density at radius 2 is 2.42 bits per heavy atom. The van der Waals surface area contributed by atoms with Crippen molar-refractivity contribution in [3.63, 3.8) is 0 Å². The highest BCUT2D eigenvalue weighted by molar-refractivity contribution is 7.23. The predicted molar refractivity (Wildman–Crippen MR) is 71.5 cm³/mol. The fraction of sp³-hybridized carbons (Fsp3) is 0.545. The Bertz CT molecular complexity index is 427. The molecule has 1 fully saturated rings. The van der Waals surface area contributed by atoms with Crippen molar-refractivity contribution in [2.45, 2.75) is 31.0 Å². The second-order valence-corrected chi connectivity index (χ2v) is 5.32. The molecule has 0 aromatic carbocycles. The van der Waals surface area contributed by atoms with Crippen molar-refractivity contribution in [1.29, 1.82) is 0 Å². The first kappa shape index (κ1) is 14.8. The molecule has 5 atom stereocenters. The van der Waals surface area contributed by atoms with Crippen LogP contribution in [-0.2, 0) is 18.6 Å². The molecule has 1 saturated heterocycles. The van der Waals surface area contributed by atoms with Crippen LogP contribution in [0.5, 0.6) is 0 Å². The van der Waals surface area contributed by atoms with E-state index in [4.69, 9.17) is 9.26 Å². The zero-order valence-electron chi connectivity index (χ0n) is 10.1. The first-order valence-electron chi connectivity index (χ1n) is 5.73. The fourth-order valence-electron chi connectivity index (χ4n) is 2.15. The van der Waals surface area contributed by atoms with Gasteiger partial charge in [-0.25, -0.2) is 0 Å². The Labute approximate surface area is 114 Å². The highest BCUT2D eigenvalue weighted by Gasteiger charge is 2.47. The topological polar surface area (TPSA) is 76.1 Å². The summed E-state index contributed by atoms with van der Waals surface area (Å²) in [5.74, 6) is -0.169. The summed E-state index contributed by atoms with van der Waals surface area (Å²) in [5, 5.41) is 10.0. The van der Waals surface area contributed by atoms with Gasteiger partial charge in [-0.1, -0.05) is 6.58 Å². The summed E-state index contributed by atoms with van der Waals surface area (Å²) in [7, 11) is 1.94. The van der Waals surface area contributed by atoms with Gasteiger partial charge in [0.2, 0.25) is 5.91 Å². The Hall–Kier alpha value is -0.640. The van der Waals surface area contributed by atoms with Crippen molar-refractivity contribution in [2.75, 3.05) is 6.16 Å². The molecule has 0 aromatic rings. The van der Waals surface area contributed by atoms with Crippen LogP contribution in [0, 0.1) is 0 Å². The van der Waals surface area contributed by atoms with Gasteiger partial charge in [-0.2, -0.15) is 0 Å². The molecule has 2 heterocycles. The summed E-state index contributed by atoms with van der Waals surface area (Å²) in [6, 6.07) is 0. The maximum absolute atomic E-state index is 12.0. The summed E-state index contributed by atoms with van der Waals surface area (Å²) in [4.78, 5) is 13.3. The number of aliphatic hydroxyl groups is 1. The minimum atomic E-state index is -0.935. The van der Waals surface area contributed by atoms with E-state index < -0.39 is 24.5 Å². The van der Waals surface area contributed by atoms with E-state index in [9.17, 15) is 14.5 Å². The number of carbonyl (C=O) groups is 1. The van der Waals surface area contributed by atoms with Crippen molar-refractivity contribution in [3.05, 3.63) is 24.4 Å². The van der Waals surface area contributed by atoms with Gasteiger partial charge in [0.25, 0.3) is 0 Å². The van der Waals surface area contributed by atoms with Crippen molar-refractivity contribution in [1.82, 2.24) is 4.90 Å². The lowest BCUT2D eigenvalue weighted by Crippen LogP contribution is -2.45. The van der Waals surface area contributed by atoms with E-state index in [1.54, 1.807) is 12.3 Å². The van der Waals surface area contributed by atoms with Crippen LogP contribution in [0.2, 0.25) is 0 Å². The Morgan fingerprint density at radius 1 is 1.68 bits per heavy atom. The highest BCUT2D eigenvalue weighted by atomic mass is 31.1. The summed E-state index contributed by atoms with van der Waals surface area (Å²) < 4.78 is 21.4. The second-order valence-electron chi connectivity index (χ2n) is 4.42. The number of aliphatic hydroxyl groups excluding tert-OH is 1. The predicted octanol–water partition coefficient (Wildman–Crippen LogP) is 0.841. The molecule has 6 nitrogen and oxygen atoms in total. The SMILES string of the molecule is C=C1C=CN([C@@H]2OC(CP=O)[C@@H](O)[C@H]2OP)C(=O)C1. The van der Waals surface area contributed by atoms with Gasteiger partial charge in [-0.3, -0.25) is 14.3 Å². The summed E-state index contributed by atoms with van der Waals surface area (Å²) in [6.07, 6.45) is 0.667. The molecule has 0 bridgehead atoms. The third-order valence-corrected chi connectivity index (χ3v) is 3.96. The summed E-state index contributed by atoms with van der Waals surface area (Å²) in [5.41, 5.74) is 0.720. The average molecular weight is 303 g/mol. The third kappa shape index (κ3) is 2.93. The van der Waals surface area contributed by atoms with E-state index >= 15 is 0 Å². The molecule has 2 unspecified atom stereocenters. The van der Waals surface area contributed by atoms with E-state index in [2.05, 4.69) is 16.0 Å². The largest absolute Gasteiger partial charge is 0.387 e. The quantitative estimate of drug-likeness (QED) is 0.779. The molecule has 0 spiro atoms. The number of hydrogen-bond donors (Lipinski definition) is 1. The van der Waals surface area contributed by atoms with E-state index in [0.717, 1.165) is 5.57 Å². The normalized spacial score (nSPS) is 35.4. The zero-order valence-corrected chi connectivity index (χ0v) is 12.2. The van der Waals surface area contributed by atoms with Crippen molar-refractivity contribution >= 4 is 23.8 Å². The lowest BCUT2D eigenvalue weighted by molar-refractivity contribution is -0.142. The van der Waals surface area contributed by atoms with Crippen LogP contribution >= 0.6 is 17.9 Å². The van der Waals surface area contributed by atoms with Gasteiger partial charge in [-0.05, 0) is 11.6 Å². The van der Waals surface area contributed by atoms with E-state index in [1.165, 1.54) is 4.90 Å². The molecule has 0 saturated carbocycles. The van der Waals surface area contributed by atoms with Gasteiger partial charge in [0.15, 0.2) is 14.7 Å². The third-order valence-electron chi connectivity index (χ3n) is 3.14. The zero-order chi connectivity index (χ0) is 14.0. The molecule has 1 N–H and O–H groups in total. The molecule has 1 amide bonds. The molecule has 0 aromatic heterocycles. The van der Waals surface area contributed by atoms with Gasteiger partial charge in [-0.15, -0.1) is 0 Å². The summed E-state index contributed by atoms with van der Waals surface area (Å²) in [6.45, 7) is 3.72. The van der Waals surface area contributed by atoms with Crippen LogP contribution in [0.25, 0.3) is 0 Å². The number of hydrogen-bond acceptors (Lipinski definition) is 5. The molecule has 104 valence electrons. The first-order chi connectivity index (χ1) is 9.08. The number of rotatable bonds is 4. The molecule has 2 rings (SSSR count). The van der Waals surface area contributed by atoms with Gasteiger partial charge in [0, 0.05) is 15.7 Å². The smallest absolute Gasteiger partial charge is 0.233 e. The van der Waals surface area contributed by atoms with E-state index in [-0.39, 0.29) is 27.0 Å². The minimum Gasteiger partial charge on any atom is -0.387 e. The molecule has 8 heteroatoms. The average Bonchev–Trinajstić information content (AvgIpc) is 2.67. The Balaban J connectivity index is 2.19. The van der Waals surface area contributed by atoms with E-state index in [0.29, 0.717) is 0 Å². The maximum Gasteiger partial charge on any atom is 0.233 e. The molecule has 0 aliphatic carbocycles. The highest BCUT2D eigenvalue weighted by Crippen LogP contribution is 2.31. The maximum atomic E-state index is 12.0. The van der Waals surface area contributed by atoms with Gasteiger partial charge in [0.05, 0.1) is 18.7 Å². The van der Waals surface area contributed by atoms with Crippen LogP contribution < -0.4 is 0 Å².